The van der Waals surface area contributed by atoms with Crippen LogP contribution < -0.4 is 4.90 Å². The van der Waals surface area contributed by atoms with E-state index < -0.39 is 11.4 Å². The van der Waals surface area contributed by atoms with Gasteiger partial charge in [-0.2, -0.15) is 0 Å². The van der Waals surface area contributed by atoms with Gasteiger partial charge in [0.1, 0.15) is 0 Å². The van der Waals surface area contributed by atoms with Gasteiger partial charge in [-0.1, -0.05) is 18.2 Å². The summed E-state index contributed by atoms with van der Waals surface area (Å²) in [6.45, 7) is 3.39. The standard InChI is InChI=1S/C16H18N2O2/c1-16(15(19)20)7-10-18(11-8-16)14-6-9-17-13-5-3-2-4-12(13)14/h2-6,9H,7-8,10-11H2,1H3,(H,19,20). The van der Waals surface area contributed by atoms with Gasteiger partial charge in [0.25, 0.3) is 0 Å². The lowest BCUT2D eigenvalue weighted by Gasteiger charge is -2.38. The molecule has 20 heavy (non-hydrogen) atoms. The Morgan fingerprint density at radius 1 is 1.25 bits per heavy atom. The summed E-state index contributed by atoms with van der Waals surface area (Å²) in [7, 11) is 0. The topological polar surface area (TPSA) is 53.4 Å². The molecule has 0 amide bonds. The molecule has 0 spiro atoms. The van der Waals surface area contributed by atoms with Gasteiger partial charge in [-0.15, -0.1) is 0 Å². The summed E-state index contributed by atoms with van der Waals surface area (Å²) in [6, 6.07) is 10.1. The molecule has 1 saturated heterocycles. The summed E-state index contributed by atoms with van der Waals surface area (Å²) >= 11 is 0. The fraction of sp³-hybridized carbons (Fsp3) is 0.375. The Morgan fingerprint density at radius 2 is 1.95 bits per heavy atom. The van der Waals surface area contributed by atoms with E-state index in [1.54, 1.807) is 0 Å². The van der Waals surface area contributed by atoms with E-state index in [1.807, 2.05) is 37.4 Å². The highest BCUT2D eigenvalue weighted by atomic mass is 16.4. The average molecular weight is 270 g/mol. The molecule has 2 aromatic rings. The van der Waals surface area contributed by atoms with Crippen LogP contribution in [0.25, 0.3) is 10.9 Å². The summed E-state index contributed by atoms with van der Waals surface area (Å²) in [5.41, 5.74) is 1.55. The molecule has 1 aliphatic heterocycles. The molecule has 3 rings (SSSR count). The first kappa shape index (κ1) is 12.9. The van der Waals surface area contributed by atoms with Gasteiger partial charge in [0.15, 0.2) is 0 Å². The first-order chi connectivity index (χ1) is 9.60. The maximum atomic E-state index is 11.3. The number of hydrogen-bond acceptors (Lipinski definition) is 3. The fourth-order valence-corrected chi connectivity index (χ4v) is 2.81. The van der Waals surface area contributed by atoms with Crippen LogP contribution in [0.4, 0.5) is 5.69 Å². The third-order valence-corrected chi connectivity index (χ3v) is 4.35. The number of aliphatic carboxylic acids is 1. The molecule has 104 valence electrons. The van der Waals surface area contributed by atoms with Gasteiger partial charge in [0.2, 0.25) is 0 Å². The highest BCUT2D eigenvalue weighted by molar-refractivity contribution is 5.91. The van der Waals surface area contributed by atoms with Crippen molar-refractivity contribution in [2.24, 2.45) is 5.41 Å². The van der Waals surface area contributed by atoms with Gasteiger partial charge < -0.3 is 10.0 Å². The summed E-state index contributed by atoms with van der Waals surface area (Å²) in [5, 5.41) is 10.4. The normalized spacial score (nSPS) is 18.1. The van der Waals surface area contributed by atoms with Gasteiger partial charge in [0.05, 0.1) is 10.9 Å². The van der Waals surface area contributed by atoms with Crippen LogP contribution >= 0.6 is 0 Å². The summed E-state index contributed by atoms with van der Waals surface area (Å²) in [5.74, 6) is -0.684. The average Bonchev–Trinajstić information content (AvgIpc) is 2.47. The van der Waals surface area contributed by atoms with Crippen LogP contribution in [-0.2, 0) is 4.79 Å². The monoisotopic (exact) mass is 270 g/mol. The smallest absolute Gasteiger partial charge is 0.309 e. The Kier molecular flexibility index (Phi) is 3.08. The van der Waals surface area contributed by atoms with Crippen molar-refractivity contribution in [3.05, 3.63) is 36.5 Å². The number of pyridine rings is 1. The second-order valence-corrected chi connectivity index (χ2v) is 5.70. The van der Waals surface area contributed by atoms with Crippen molar-refractivity contribution in [3.8, 4) is 0 Å². The first-order valence-corrected chi connectivity index (χ1v) is 6.92. The van der Waals surface area contributed by atoms with Crippen molar-refractivity contribution >= 4 is 22.6 Å². The zero-order valence-corrected chi connectivity index (χ0v) is 11.5. The molecule has 0 aliphatic carbocycles. The lowest BCUT2D eigenvalue weighted by Crippen LogP contribution is -2.42. The van der Waals surface area contributed by atoms with Gasteiger partial charge >= 0.3 is 5.97 Å². The maximum Gasteiger partial charge on any atom is 0.309 e. The third-order valence-electron chi connectivity index (χ3n) is 4.35. The number of carboxylic acids is 1. The highest BCUT2D eigenvalue weighted by Crippen LogP contribution is 2.35. The molecule has 1 aromatic heterocycles. The second kappa shape index (κ2) is 4.78. The fourth-order valence-electron chi connectivity index (χ4n) is 2.81. The van der Waals surface area contributed by atoms with Crippen molar-refractivity contribution in [3.63, 3.8) is 0 Å². The number of carboxylic acid groups (broad SMARTS) is 1. The van der Waals surface area contributed by atoms with Crippen LogP contribution in [0.3, 0.4) is 0 Å². The minimum Gasteiger partial charge on any atom is -0.481 e. The van der Waals surface area contributed by atoms with Crippen molar-refractivity contribution in [1.29, 1.82) is 0 Å². The number of rotatable bonds is 2. The van der Waals surface area contributed by atoms with E-state index in [0.717, 1.165) is 29.7 Å². The molecule has 0 radical (unpaired) electrons. The Balaban J connectivity index is 1.89. The van der Waals surface area contributed by atoms with Crippen LogP contribution in [0.1, 0.15) is 19.8 Å². The maximum absolute atomic E-state index is 11.3. The van der Waals surface area contributed by atoms with Crippen molar-refractivity contribution in [2.75, 3.05) is 18.0 Å². The summed E-state index contributed by atoms with van der Waals surface area (Å²) in [4.78, 5) is 17.9. The molecular formula is C16H18N2O2. The van der Waals surface area contributed by atoms with Gasteiger partial charge in [-0.05, 0) is 31.9 Å². The van der Waals surface area contributed by atoms with Gasteiger partial charge in [-0.25, -0.2) is 0 Å². The van der Waals surface area contributed by atoms with Crippen molar-refractivity contribution in [1.82, 2.24) is 4.98 Å². The van der Waals surface area contributed by atoms with Gasteiger partial charge in [0, 0.05) is 30.4 Å². The van der Waals surface area contributed by atoms with Gasteiger partial charge in [-0.3, -0.25) is 9.78 Å². The zero-order valence-electron chi connectivity index (χ0n) is 11.5. The number of benzene rings is 1. The largest absolute Gasteiger partial charge is 0.481 e. The van der Waals surface area contributed by atoms with E-state index >= 15 is 0 Å². The number of hydrogen-bond donors (Lipinski definition) is 1. The summed E-state index contributed by atoms with van der Waals surface area (Å²) < 4.78 is 0. The quantitative estimate of drug-likeness (QED) is 0.911. The van der Waals surface area contributed by atoms with E-state index in [-0.39, 0.29) is 0 Å². The molecule has 1 N–H and O–H groups in total. The molecule has 4 heteroatoms. The minimum atomic E-state index is -0.684. The van der Waals surface area contributed by atoms with Crippen molar-refractivity contribution < 1.29 is 9.90 Å². The molecule has 1 aliphatic rings. The van der Waals surface area contributed by atoms with E-state index in [4.69, 9.17) is 0 Å². The molecule has 0 saturated carbocycles. The number of carbonyl (C=O) groups is 1. The molecular weight excluding hydrogens is 252 g/mol. The second-order valence-electron chi connectivity index (χ2n) is 5.70. The van der Waals surface area contributed by atoms with E-state index in [1.165, 1.54) is 0 Å². The lowest BCUT2D eigenvalue weighted by molar-refractivity contribution is -0.149. The van der Waals surface area contributed by atoms with Crippen LogP contribution in [0, 0.1) is 5.41 Å². The third kappa shape index (κ3) is 2.11. The molecule has 0 unspecified atom stereocenters. The van der Waals surface area contributed by atoms with Crippen LogP contribution in [0.15, 0.2) is 36.5 Å². The number of nitrogens with zero attached hydrogens (tertiary/aromatic N) is 2. The van der Waals surface area contributed by atoms with E-state index in [9.17, 15) is 9.90 Å². The van der Waals surface area contributed by atoms with Crippen LogP contribution in [-0.4, -0.2) is 29.1 Å². The highest BCUT2D eigenvalue weighted by Gasteiger charge is 2.37. The van der Waals surface area contributed by atoms with E-state index in [0.29, 0.717) is 12.8 Å². The molecule has 2 heterocycles. The molecule has 0 bridgehead atoms. The Labute approximate surface area is 118 Å². The van der Waals surface area contributed by atoms with Crippen LogP contribution in [0.2, 0.25) is 0 Å². The number of para-hydroxylation sites is 1. The molecule has 1 fully saturated rings. The molecule has 1 aromatic carbocycles. The van der Waals surface area contributed by atoms with Crippen molar-refractivity contribution in [2.45, 2.75) is 19.8 Å². The van der Waals surface area contributed by atoms with E-state index in [2.05, 4.69) is 16.0 Å². The summed E-state index contributed by atoms with van der Waals surface area (Å²) in [6.07, 6.45) is 3.18. The minimum absolute atomic E-state index is 0.584. The lowest BCUT2D eigenvalue weighted by atomic mass is 9.80. The number of fused-ring (bicyclic) bond motifs is 1. The zero-order chi connectivity index (χ0) is 14.2. The Hall–Kier alpha value is -2.10. The first-order valence-electron chi connectivity index (χ1n) is 6.92. The number of aromatic nitrogens is 1. The number of anilines is 1. The Bertz CT molecular complexity index is 640. The predicted molar refractivity (Wildman–Crippen MR) is 78.9 cm³/mol. The Morgan fingerprint density at radius 3 is 2.65 bits per heavy atom. The number of piperidine rings is 1. The SMILES string of the molecule is CC1(C(=O)O)CCN(c2ccnc3ccccc23)CC1. The van der Waals surface area contributed by atoms with Crippen LogP contribution in [0.5, 0.6) is 0 Å². The predicted octanol–water partition coefficient (Wildman–Crippen LogP) is 2.93. The molecule has 4 nitrogen and oxygen atoms in total. The molecule has 0 atom stereocenters.